The maximum Gasteiger partial charge on any atom is 0.0509 e. The highest BCUT2D eigenvalue weighted by Gasteiger charge is 2.07. The first-order valence-electron chi connectivity index (χ1n) is 4.25. The van der Waals surface area contributed by atoms with Crippen molar-refractivity contribution >= 4 is 28.9 Å². The van der Waals surface area contributed by atoms with Crippen molar-refractivity contribution in [2.24, 2.45) is 0 Å². The zero-order valence-corrected chi connectivity index (χ0v) is 9.36. The topological polar surface area (TPSA) is 3.24 Å². The van der Waals surface area contributed by atoms with Crippen molar-refractivity contribution in [3.63, 3.8) is 0 Å². The molecular formula is C10H13Cl2N. The van der Waals surface area contributed by atoms with Crippen molar-refractivity contribution in [1.29, 1.82) is 0 Å². The number of alkyl halides is 1. The predicted molar refractivity (Wildman–Crippen MR) is 60.0 cm³/mol. The second-order valence-corrected chi connectivity index (χ2v) is 3.56. The smallest absolute Gasteiger partial charge is 0.0509 e. The summed E-state index contributed by atoms with van der Waals surface area (Å²) >= 11 is 11.8. The van der Waals surface area contributed by atoms with Crippen molar-refractivity contribution in [1.82, 2.24) is 0 Å². The summed E-state index contributed by atoms with van der Waals surface area (Å²) in [6.45, 7) is 3.04. The first kappa shape index (κ1) is 10.7. The van der Waals surface area contributed by atoms with Gasteiger partial charge in [0.1, 0.15) is 0 Å². The second kappa shape index (κ2) is 4.73. The number of hydrogen-bond donors (Lipinski definition) is 0. The predicted octanol–water partition coefficient (Wildman–Crippen LogP) is 3.53. The Kier molecular flexibility index (Phi) is 3.89. The zero-order valence-electron chi connectivity index (χ0n) is 7.85. The Hall–Kier alpha value is -0.400. The molecule has 0 fully saturated rings. The van der Waals surface area contributed by atoms with Crippen LogP contribution in [-0.4, -0.2) is 13.6 Å². The molecule has 72 valence electrons. The van der Waals surface area contributed by atoms with Gasteiger partial charge in [0, 0.05) is 29.9 Å². The lowest BCUT2D eigenvalue weighted by atomic mass is 10.2. The molecule has 13 heavy (non-hydrogen) atoms. The molecule has 0 saturated carbocycles. The highest BCUT2D eigenvalue weighted by atomic mass is 35.5. The van der Waals surface area contributed by atoms with Gasteiger partial charge in [-0.15, -0.1) is 11.6 Å². The molecule has 1 aromatic carbocycles. The third-order valence-electron chi connectivity index (χ3n) is 2.11. The third kappa shape index (κ3) is 2.29. The molecule has 0 spiro atoms. The molecule has 0 aliphatic carbocycles. The molecule has 1 aromatic rings. The van der Waals surface area contributed by atoms with Crippen LogP contribution in [-0.2, 0) is 5.88 Å². The van der Waals surface area contributed by atoms with Gasteiger partial charge in [-0.2, -0.15) is 0 Å². The van der Waals surface area contributed by atoms with E-state index in [-0.39, 0.29) is 0 Å². The summed E-state index contributed by atoms with van der Waals surface area (Å²) in [5.74, 6) is 0.458. The van der Waals surface area contributed by atoms with Crippen LogP contribution in [0.15, 0.2) is 18.2 Å². The van der Waals surface area contributed by atoms with Gasteiger partial charge in [-0.25, -0.2) is 0 Å². The van der Waals surface area contributed by atoms with Crippen LogP contribution in [0.2, 0.25) is 5.02 Å². The largest absolute Gasteiger partial charge is 0.375 e. The summed E-state index contributed by atoms with van der Waals surface area (Å²) in [4.78, 5) is 2.13. The van der Waals surface area contributed by atoms with E-state index in [9.17, 15) is 0 Å². The number of halogens is 2. The molecule has 1 nitrogen and oxygen atoms in total. The fourth-order valence-corrected chi connectivity index (χ4v) is 1.79. The van der Waals surface area contributed by atoms with Crippen molar-refractivity contribution in [3.8, 4) is 0 Å². The molecule has 0 aromatic heterocycles. The van der Waals surface area contributed by atoms with Crippen molar-refractivity contribution < 1.29 is 0 Å². The zero-order chi connectivity index (χ0) is 9.84. The second-order valence-electron chi connectivity index (χ2n) is 2.89. The standard InChI is InChI=1S/C10H13Cl2N/c1-3-13(2)10-6-4-5-9(12)8(10)7-11/h4-6H,3,7H2,1-2H3. The summed E-state index contributed by atoms with van der Waals surface area (Å²) in [6.07, 6.45) is 0. The van der Waals surface area contributed by atoms with Crippen molar-refractivity contribution in [2.45, 2.75) is 12.8 Å². The molecule has 0 aliphatic heterocycles. The summed E-state index contributed by atoms with van der Waals surface area (Å²) in [6, 6.07) is 5.85. The molecule has 1 rings (SSSR count). The Balaban J connectivity index is 3.12. The number of benzene rings is 1. The Labute approximate surface area is 89.3 Å². The number of anilines is 1. The third-order valence-corrected chi connectivity index (χ3v) is 2.73. The highest BCUT2D eigenvalue weighted by molar-refractivity contribution is 6.32. The highest BCUT2D eigenvalue weighted by Crippen LogP contribution is 2.28. The molecule has 0 radical (unpaired) electrons. The summed E-state index contributed by atoms with van der Waals surface area (Å²) in [7, 11) is 2.03. The number of rotatable bonds is 3. The summed E-state index contributed by atoms with van der Waals surface area (Å²) in [5.41, 5.74) is 2.13. The molecule has 0 unspecified atom stereocenters. The monoisotopic (exact) mass is 217 g/mol. The minimum atomic E-state index is 0.458. The van der Waals surface area contributed by atoms with Crippen LogP contribution in [0.5, 0.6) is 0 Å². The fourth-order valence-electron chi connectivity index (χ4n) is 1.21. The van der Waals surface area contributed by atoms with Gasteiger partial charge in [0.2, 0.25) is 0 Å². The van der Waals surface area contributed by atoms with E-state index in [1.54, 1.807) is 0 Å². The number of nitrogens with zero attached hydrogens (tertiary/aromatic N) is 1. The summed E-state index contributed by atoms with van der Waals surface area (Å²) in [5, 5.41) is 0.743. The van der Waals surface area contributed by atoms with E-state index < -0.39 is 0 Å². The fraction of sp³-hybridized carbons (Fsp3) is 0.400. The van der Waals surface area contributed by atoms with Gasteiger partial charge < -0.3 is 4.90 Å². The van der Waals surface area contributed by atoms with Crippen LogP contribution in [0.4, 0.5) is 5.69 Å². The molecule has 0 bridgehead atoms. The maximum absolute atomic E-state index is 6.02. The Morgan fingerprint density at radius 2 is 2.08 bits per heavy atom. The van der Waals surface area contributed by atoms with Gasteiger partial charge in [-0.1, -0.05) is 17.7 Å². The molecule has 0 heterocycles. The van der Waals surface area contributed by atoms with Crippen molar-refractivity contribution in [2.75, 3.05) is 18.5 Å². The van der Waals surface area contributed by atoms with Gasteiger partial charge in [0.05, 0.1) is 5.88 Å². The van der Waals surface area contributed by atoms with Crippen LogP contribution >= 0.6 is 23.2 Å². The van der Waals surface area contributed by atoms with Gasteiger partial charge in [0.15, 0.2) is 0 Å². The Morgan fingerprint density at radius 1 is 1.38 bits per heavy atom. The van der Waals surface area contributed by atoms with Crippen LogP contribution < -0.4 is 4.90 Å². The lowest BCUT2D eigenvalue weighted by Crippen LogP contribution is -2.17. The minimum Gasteiger partial charge on any atom is -0.375 e. The molecule has 0 amide bonds. The van der Waals surface area contributed by atoms with Gasteiger partial charge in [0.25, 0.3) is 0 Å². The van der Waals surface area contributed by atoms with E-state index in [1.807, 2.05) is 25.2 Å². The molecule has 0 aliphatic rings. The quantitative estimate of drug-likeness (QED) is 0.701. The van der Waals surface area contributed by atoms with E-state index in [0.717, 1.165) is 22.8 Å². The van der Waals surface area contributed by atoms with Crippen LogP contribution in [0.25, 0.3) is 0 Å². The molecule has 0 N–H and O–H groups in total. The number of hydrogen-bond acceptors (Lipinski definition) is 1. The normalized spacial score (nSPS) is 10.2. The van der Waals surface area contributed by atoms with Gasteiger partial charge >= 0.3 is 0 Å². The lowest BCUT2D eigenvalue weighted by Gasteiger charge is -2.20. The van der Waals surface area contributed by atoms with Crippen molar-refractivity contribution in [3.05, 3.63) is 28.8 Å². The molecule has 0 saturated heterocycles. The molecule has 3 heteroatoms. The average molecular weight is 218 g/mol. The minimum absolute atomic E-state index is 0.458. The SMILES string of the molecule is CCN(C)c1cccc(Cl)c1CCl. The van der Waals surface area contributed by atoms with Crippen LogP contribution in [0.1, 0.15) is 12.5 Å². The van der Waals surface area contributed by atoms with E-state index in [2.05, 4.69) is 11.8 Å². The van der Waals surface area contributed by atoms with Gasteiger partial charge in [-0.3, -0.25) is 0 Å². The summed E-state index contributed by atoms with van der Waals surface area (Å²) < 4.78 is 0. The van der Waals surface area contributed by atoms with E-state index in [0.29, 0.717) is 5.88 Å². The van der Waals surface area contributed by atoms with E-state index >= 15 is 0 Å². The van der Waals surface area contributed by atoms with E-state index in [1.165, 1.54) is 0 Å². The van der Waals surface area contributed by atoms with Crippen LogP contribution in [0, 0.1) is 0 Å². The van der Waals surface area contributed by atoms with Gasteiger partial charge in [-0.05, 0) is 19.1 Å². The Morgan fingerprint density at radius 3 is 2.62 bits per heavy atom. The average Bonchev–Trinajstić information content (AvgIpc) is 2.16. The lowest BCUT2D eigenvalue weighted by molar-refractivity contribution is 0.959. The first-order valence-corrected chi connectivity index (χ1v) is 5.16. The molecule has 0 atom stereocenters. The molecular weight excluding hydrogens is 205 g/mol. The maximum atomic E-state index is 6.02. The first-order chi connectivity index (χ1) is 6.20. The van der Waals surface area contributed by atoms with Crippen LogP contribution in [0.3, 0.4) is 0 Å². The Bertz CT molecular complexity index is 286. The van der Waals surface area contributed by atoms with E-state index in [4.69, 9.17) is 23.2 Å².